The van der Waals surface area contributed by atoms with E-state index in [1.165, 1.54) is 0 Å². The Hall–Kier alpha value is -0.740. The first-order valence-electron chi connectivity index (χ1n) is 3.00. The topological polar surface area (TPSA) is 12.4 Å². The molecule has 0 aliphatic heterocycles. The highest BCUT2D eigenvalue weighted by Crippen LogP contribution is 1.94. The van der Waals surface area contributed by atoms with Gasteiger partial charge in [-0.3, -0.25) is 4.99 Å². The van der Waals surface area contributed by atoms with Gasteiger partial charge in [-0.25, -0.2) is 0 Å². The summed E-state index contributed by atoms with van der Waals surface area (Å²) in [6.07, 6.45) is 9.18. The second-order valence-corrected chi connectivity index (χ2v) is 2.03. The van der Waals surface area contributed by atoms with E-state index in [9.17, 15) is 0 Å². The molecule has 0 radical (unpaired) electrons. The summed E-state index contributed by atoms with van der Waals surface area (Å²) in [5.41, 5.74) is 0.915. The molecule has 10 heavy (non-hydrogen) atoms. The molecule has 0 aliphatic carbocycles. The van der Waals surface area contributed by atoms with Crippen LogP contribution in [0.25, 0.3) is 0 Å². The summed E-state index contributed by atoms with van der Waals surface area (Å²) < 4.78 is 0. The van der Waals surface area contributed by atoms with Gasteiger partial charge >= 0.3 is 0 Å². The number of terminal acetylenes is 1. The Labute approximate surface area is 66.8 Å². The minimum absolute atomic E-state index is 0.446. The second-order valence-electron chi connectivity index (χ2n) is 1.72. The number of alkyl halides is 1. The quantitative estimate of drug-likeness (QED) is 0.337. The van der Waals surface area contributed by atoms with Gasteiger partial charge in [-0.2, -0.15) is 0 Å². The van der Waals surface area contributed by atoms with Crippen molar-refractivity contribution in [2.45, 2.75) is 13.3 Å². The largest absolute Gasteiger partial charge is 0.265 e. The highest BCUT2D eigenvalue weighted by molar-refractivity contribution is 6.24. The van der Waals surface area contributed by atoms with Crippen LogP contribution in [0.1, 0.15) is 13.3 Å². The number of hydrogen-bond acceptors (Lipinski definition) is 1. The van der Waals surface area contributed by atoms with Crippen LogP contribution in [0.15, 0.2) is 16.8 Å². The number of halogens is 1. The number of rotatable bonds is 3. The highest BCUT2D eigenvalue weighted by Gasteiger charge is 1.78. The molecule has 0 heterocycles. The van der Waals surface area contributed by atoms with E-state index in [0.29, 0.717) is 12.3 Å². The lowest BCUT2D eigenvalue weighted by atomic mass is 10.3. The fourth-order valence-electron chi connectivity index (χ4n) is 0.438. The molecule has 0 bridgehead atoms. The molecule has 1 nitrogen and oxygen atoms in total. The van der Waals surface area contributed by atoms with E-state index >= 15 is 0 Å². The van der Waals surface area contributed by atoms with E-state index in [1.807, 2.05) is 13.0 Å². The minimum Gasteiger partial charge on any atom is -0.265 e. The lowest BCUT2D eigenvalue weighted by molar-refractivity contribution is 1.26. The standard InChI is InChI=1S/C8H10ClN/c1-3-4-5-8(2)10-7-6-9/h1,5,7H,4,6H2,2H3/b8-5-,10-7?. The number of allylic oxidation sites excluding steroid dienone is 2. The molecule has 0 unspecified atom stereocenters. The van der Waals surface area contributed by atoms with Crippen molar-refractivity contribution in [2.75, 3.05) is 5.88 Å². The first-order chi connectivity index (χ1) is 4.81. The summed E-state index contributed by atoms with van der Waals surface area (Å²) in [7, 11) is 0. The van der Waals surface area contributed by atoms with Crippen molar-refractivity contribution in [3.63, 3.8) is 0 Å². The molecule has 0 fully saturated rings. The number of aliphatic imine (C=N–C) groups is 1. The Morgan fingerprint density at radius 2 is 2.50 bits per heavy atom. The normalized spacial score (nSPS) is 11.9. The average molecular weight is 156 g/mol. The molecule has 54 valence electrons. The fourth-order valence-corrected chi connectivity index (χ4v) is 0.507. The maximum Gasteiger partial charge on any atom is 0.0577 e. The first-order valence-corrected chi connectivity index (χ1v) is 3.53. The van der Waals surface area contributed by atoms with Crippen molar-refractivity contribution < 1.29 is 0 Å². The van der Waals surface area contributed by atoms with Crippen LogP contribution in [0, 0.1) is 12.3 Å². The van der Waals surface area contributed by atoms with Crippen molar-refractivity contribution in [2.24, 2.45) is 4.99 Å². The van der Waals surface area contributed by atoms with Crippen LogP contribution in [0.2, 0.25) is 0 Å². The van der Waals surface area contributed by atoms with Gasteiger partial charge in [0.05, 0.1) is 5.88 Å². The van der Waals surface area contributed by atoms with Gasteiger partial charge in [-0.15, -0.1) is 23.9 Å². The van der Waals surface area contributed by atoms with Gasteiger partial charge in [-0.1, -0.05) is 6.08 Å². The lowest BCUT2D eigenvalue weighted by Gasteiger charge is -1.86. The molecule has 0 N–H and O–H groups in total. The number of nitrogens with zero attached hydrogens (tertiary/aromatic N) is 1. The van der Waals surface area contributed by atoms with E-state index in [1.54, 1.807) is 6.21 Å². The Kier molecular flexibility index (Phi) is 5.91. The summed E-state index contributed by atoms with van der Waals surface area (Å²) in [5.74, 6) is 2.94. The predicted molar refractivity (Wildman–Crippen MR) is 46.4 cm³/mol. The Balaban J connectivity index is 3.72. The molecule has 0 amide bonds. The molecule has 0 aromatic carbocycles. The maximum atomic E-state index is 5.36. The third-order valence-electron chi connectivity index (χ3n) is 0.879. The average Bonchev–Trinajstić information content (AvgIpc) is 1.97. The van der Waals surface area contributed by atoms with Crippen LogP contribution < -0.4 is 0 Å². The highest BCUT2D eigenvalue weighted by atomic mass is 35.5. The monoisotopic (exact) mass is 155 g/mol. The molecule has 0 atom stereocenters. The van der Waals surface area contributed by atoms with E-state index in [0.717, 1.165) is 5.70 Å². The molecule has 0 aromatic heterocycles. The van der Waals surface area contributed by atoms with Gasteiger partial charge in [0.25, 0.3) is 0 Å². The Morgan fingerprint density at radius 3 is 3.00 bits per heavy atom. The smallest absolute Gasteiger partial charge is 0.0577 e. The van der Waals surface area contributed by atoms with Crippen molar-refractivity contribution in [1.82, 2.24) is 0 Å². The van der Waals surface area contributed by atoms with Gasteiger partial charge < -0.3 is 0 Å². The van der Waals surface area contributed by atoms with Crippen molar-refractivity contribution in [1.29, 1.82) is 0 Å². The van der Waals surface area contributed by atoms with Crippen LogP contribution >= 0.6 is 11.6 Å². The third-order valence-corrected chi connectivity index (χ3v) is 1.02. The van der Waals surface area contributed by atoms with Crippen LogP contribution in [0.5, 0.6) is 0 Å². The van der Waals surface area contributed by atoms with Gasteiger partial charge in [0, 0.05) is 18.3 Å². The first kappa shape index (κ1) is 9.26. The summed E-state index contributed by atoms with van der Waals surface area (Å²) in [6, 6.07) is 0. The summed E-state index contributed by atoms with van der Waals surface area (Å²) >= 11 is 5.36. The predicted octanol–water partition coefficient (Wildman–Crippen LogP) is 2.22. The van der Waals surface area contributed by atoms with Crippen LogP contribution in [-0.4, -0.2) is 12.1 Å². The molecular formula is C8H10ClN. The number of hydrogen-bond donors (Lipinski definition) is 0. The molecule has 0 spiro atoms. The van der Waals surface area contributed by atoms with E-state index in [-0.39, 0.29) is 0 Å². The minimum atomic E-state index is 0.446. The Bertz CT molecular complexity index is 174. The van der Waals surface area contributed by atoms with Crippen molar-refractivity contribution >= 4 is 17.8 Å². The molecule has 0 rings (SSSR count). The van der Waals surface area contributed by atoms with Crippen molar-refractivity contribution in [3.8, 4) is 12.3 Å². The molecular weight excluding hydrogens is 146 g/mol. The molecule has 0 saturated carbocycles. The van der Waals surface area contributed by atoms with Crippen LogP contribution in [0.4, 0.5) is 0 Å². The summed E-state index contributed by atoms with van der Waals surface area (Å²) in [5, 5.41) is 0. The molecule has 0 aromatic rings. The lowest BCUT2D eigenvalue weighted by Crippen LogP contribution is -1.75. The van der Waals surface area contributed by atoms with E-state index in [2.05, 4.69) is 10.9 Å². The zero-order chi connectivity index (χ0) is 7.82. The zero-order valence-corrected chi connectivity index (χ0v) is 6.73. The summed E-state index contributed by atoms with van der Waals surface area (Å²) in [4.78, 5) is 3.99. The van der Waals surface area contributed by atoms with Crippen LogP contribution in [0.3, 0.4) is 0 Å². The second kappa shape index (κ2) is 6.38. The fraction of sp³-hybridized carbons (Fsp3) is 0.375. The van der Waals surface area contributed by atoms with E-state index in [4.69, 9.17) is 18.0 Å². The third kappa shape index (κ3) is 5.40. The Morgan fingerprint density at radius 1 is 1.80 bits per heavy atom. The maximum absolute atomic E-state index is 5.36. The van der Waals surface area contributed by atoms with Crippen molar-refractivity contribution in [3.05, 3.63) is 11.8 Å². The molecule has 2 heteroatoms. The zero-order valence-electron chi connectivity index (χ0n) is 5.97. The molecule has 0 saturated heterocycles. The van der Waals surface area contributed by atoms with E-state index < -0.39 is 0 Å². The van der Waals surface area contributed by atoms with Gasteiger partial charge in [-0.05, 0) is 6.92 Å². The molecule has 0 aliphatic rings. The SMILES string of the molecule is C#CC/C=C(/C)N=CCCl. The van der Waals surface area contributed by atoms with Crippen LogP contribution in [-0.2, 0) is 0 Å². The van der Waals surface area contributed by atoms with Gasteiger partial charge in [0.2, 0.25) is 0 Å². The van der Waals surface area contributed by atoms with Gasteiger partial charge in [0.15, 0.2) is 0 Å². The van der Waals surface area contributed by atoms with Gasteiger partial charge in [0.1, 0.15) is 0 Å². The summed E-state index contributed by atoms with van der Waals surface area (Å²) in [6.45, 7) is 1.89.